The van der Waals surface area contributed by atoms with Gasteiger partial charge in [0.2, 0.25) is 5.91 Å². The Morgan fingerprint density at radius 3 is 2.48 bits per heavy atom. The topological polar surface area (TPSA) is 49.4 Å². The summed E-state index contributed by atoms with van der Waals surface area (Å²) in [5.41, 5.74) is 1.60. The van der Waals surface area contributed by atoms with Gasteiger partial charge in [-0.05, 0) is 48.9 Å². The molecule has 1 fully saturated rings. The van der Waals surface area contributed by atoms with Crippen molar-refractivity contribution in [3.05, 3.63) is 58.0 Å². The average molecular weight is 360 g/mol. The van der Waals surface area contributed by atoms with E-state index in [1.54, 1.807) is 12.1 Å². The minimum absolute atomic E-state index is 0.000502. The quantitative estimate of drug-likeness (QED) is 0.905. The minimum atomic E-state index is -0.287. The summed E-state index contributed by atoms with van der Waals surface area (Å²) in [5.74, 6) is -0.335. The number of thiophene rings is 1. The molecule has 25 heavy (non-hydrogen) atoms. The number of piperidine rings is 1. The summed E-state index contributed by atoms with van der Waals surface area (Å²) in [7, 11) is 0. The third-order valence-electron chi connectivity index (χ3n) is 4.65. The first-order chi connectivity index (χ1) is 12.0. The van der Waals surface area contributed by atoms with Crippen LogP contribution < -0.4 is 5.32 Å². The summed E-state index contributed by atoms with van der Waals surface area (Å²) in [6.07, 6.45) is 1.33. The second kappa shape index (κ2) is 7.78. The van der Waals surface area contributed by atoms with Crippen molar-refractivity contribution in [1.29, 1.82) is 0 Å². The number of halogens is 1. The van der Waals surface area contributed by atoms with Crippen LogP contribution in [0.3, 0.4) is 0 Å². The Kier molecular flexibility index (Phi) is 5.48. The van der Waals surface area contributed by atoms with Gasteiger partial charge >= 0.3 is 0 Å². The molecule has 2 aromatic rings. The third kappa shape index (κ3) is 4.25. The zero-order valence-corrected chi connectivity index (χ0v) is 14.9. The molecule has 1 aromatic carbocycles. The fraction of sp³-hybridized carbons (Fsp3) is 0.368. The Labute approximate surface area is 150 Å². The Hall–Kier alpha value is -2.21. The molecule has 1 N–H and O–H groups in total. The number of benzene rings is 1. The van der Waals surface area contributed by atoms with Crippen LogP contribution in [0, 0.1) is 11.7 Å². The number of nitrogens with one attached hydrogen (secondary N) is 1. The van der Waals surface area contributed by atoms with Gasteiger partial charge in [0, 0.05) is 24.4 Å². The molecular weight excluding hydrogens is 339 g/mol. The maximum absolute atomic E-state index is 13.0. The van der Waals surface area contributed by atoms with Crippen LogP contribution in [-0.2, 0) is 4.79 Å². The lowest BCUT2D eigenvalue weighted by atomic mass is 9.95. The van der Waals surface area contributed by atoms with Gasteiger partial charge < -0.3 is 10.2 Å². The summed E-state index contributed by atoms with van der Waals surface area (Å²) in [6, 6.07) is 7.82. The summed E-state index contributed by atoms with van der Waals surface area (Å²) >= 11 is 1.51. The van der Waals surface area contributed by atoms with Gasteiger partial charge in [0.05, 0.1) is 11.6 Å². The van der Waals surface area contributed by atoms with E-state index in [9.17, 15) is 14.0 Å². The van der Waals surface area contributed by atoms with E-state index in [1.807, 2.05) is 28.7 Å². The molecule has 0 spiro atoms. The zero-order valence-electron chi connectivity index (χ0n) is 14.1. The van der Waals surface area contributed by atoms with E-state index in [0.29, 0.717) is 25.9 Å². The second-order valence-electron chi connectivity index (χ2n) is 6.36. The van der Waals surface area contributed by atoms with E-state index < -0.39 is 0 Å². The lowest BCUT2D eigenvalue weighted by Crippen LogP contribution is -2.43. The number of hydrogen-bond donors (Lipinski definition) is 1. The van der Waals surface area contributed by atoms with Gasteiger partial charge in [0.15, 0.2) is 0 Å². The molecule has 1 saturated heterocycles. The van der Waals surface area contributed by atoms with Gasteiger partial charge in [0.25, 0.3) is 5.91 Å². The maximum Gasteiger partial charge on any atom is 0.254 e. The number of carbonyl (C=O) groups is 2. The number of rotatable bonds is 4. The maximum atomic E-state index is 13.0. The van der Waals surface area contributed by atoms with E-state index >= 15 is 0 Å². The lowest BCUT2D eigenvalue weighted by Gasteiger charge is -2.31. The first-order valence-electron chi connectivity index (χ1n) is 8.42. The summed E-state index contributed by atoms with van der Waals surface area (Å²) in [6.45, 7) is 3.08. The number of amides is 2. The number of carbonyl (C=O) groups excluding carboxylic acids is 2. The SMILES string of the molecule is CC(NC(=O)C1CCN(C(=O)c2ccsc2)CC1)c1ccc(F)cc1. The summed E-state index contributed by atoms with van der Waals surface area (Å²) < 4.78 is 13.0. The van der Waals surface area contributed by atoms with Crippen LogP contribution >= 0.6 is 11.3 Å². The Morgan fingerprint density at radius 1 is 1.20 bits per heavy atom. The highest BCUT2D eigenvalue weighted by molar-refractivity contribution is 7.08. The highest BCUT2D eigenvalue weighted by Gasteiger charge is 2.28. The van der Waals surface area contributed by atoms with Gasteiger partial charge in [-0.25, -0.2) is 4.39 Å². The van der Waals surface area contributed by atoms with Crippen molar-refractivity contribution < 1.29 is 14.0 Å². The van der Waals surface area contributed by atoms with Crippen LogP contribution in [-0.4, -0.2) is 29.8 Å². The van der Waals surface area contributed by atoms with E-state index in [-0.39, 0.29) is 29.6 Å². The highest BCUT2D eigenvalue weighted by atomic mass is 32.1. The summed E-state index contributed by atoms with van der Waals surface area (Å²) in [4.78, 5) is 26.6. The fourth-order valence-electron chi connectivity index (χ4n) is 3.08. The van der Waals surface area contributed by atoms with E-state index in [1.165, 1.54) is 23.5 Å². The van der Waals surface area contributed by atoms with E-state index in [2.05, 4.69) is 5.32 Å². The molecular formula is C19H21FN2O2S. The molecule has 1 aromatic heterocycles. The first kappa shape index (κ1) is 17.6. The standard InChI is InChI=1S/C19H21FN2O2S/c1-13(14-2-4-17(20)5-3-14)21-18(23)15-6-9-22(10-7-15)19(24)16-8-11-25-12-16/h2-5,8,11-13,15H,6-7,9-10H2,1H3,(H,21,23). The molecule has 1 aliphatic rings. The zero-order chi connectivity index (χ0) is 17.8. The number of likely N-dealkylation sites (tertiary alicyclic amines) is 1. The van der Waals surface area contributed by atoms with Crippen molar-refractivity contribution in [3.63, 3.8) is 0 Å². The monoisotopic (exact) mass is 360 g/mol. The van der Waals surface area contributed by atoms with Crippen molar-refractivity contribution in [2.75, 3.05) is 13.1 Å². The van der Waals surface area contributed by atoms with Crippen LogP contribution in [0.2, 0.25) is 0 Å². The van der Waals surface area contributed by atoms with Gasteiger partial charge in [-0.15, -0.1) is 0 Å². The molecule has 0 bridgehead atoms. The molecule has 132 valence electrons. The first-order valence-corrected chi connectivity index (χ1v) is 9.36. The molecule has 1 aliphatic heterocycles. The van der Waals surface area contributed by atoms with Crippen molar-refractivity contribution in [3.8, 4) is 0 Å². The molecule has 4 nitrogen and oxygen atoms in total. The van der Waals surface area contributed by atoms with Crippen LogP contribution in [0.5, 0.6) is 0 Å². The van der Waals surface area contributed by atoms with Crippen molar-refractivity contribution >= 4 is 23.2 Å². The molecule has 6 heteroatoms. The molecule has 0 aliphatic carbocycles. The predicted octanol–water partition coefficient (Wildman–Crippen LogP) is 3.62. The highest BCUT2D eigenvalue weighted by Crippen LogP contribution is 2.22. The Morgan fingerprint density at radius 2 is 1.88 bits per heavy atom. The smallest absolute Gasteiger partial charge is 0.254 e. The molecule has 0 radical (unpaired) electrons. The lowest BCUT2D eigenvalue weighted by molar-refractivity contribution is -0.126. The van der Waals surface area contributed by atoms with Crippen molar-refractivity contribution in [2.45, 2.75) is 25.8 Å². The van der Waals surface area contributed by atoms with Gasteiger partial charge in [0.1, 0.15) is 5.82 Å². The number of nitrogens with zero attached hydrogens (tertiary/aromatic N) is 1. The van der Waals surface area contributed by atoms with E-state index in [4.69, 9.17) is 0 Å². The molecule has 1 unspecified atom stereocenters. The largest absolute Gasteiger partial charge is 0.349 e. The molecule has 3 rings (SSSR count). The molecule has 2 heterocycles. The van der Waals surface area contributed by atoms with Gasteiger partial charge in [-0.2, -0.15) is 11.3 Å². The molecule has 0 saturated carbocycles. The third-order valence-corrected chi connectivity index (χ3v) is 5.33. The van der Waals surface area contributed by atoms with Crippen LogP contribution in [0.15, 0.2) is 41.1 Å². The average Bonchev–Trinajstić information content (AvgIpc) is 3.16. The minimum Gasteiger partial charge on any atom is -0.349 e. The van der Waals surface area contributed by atoms with Crippen molar-refractivity contribution in [2.24, 2.45) is 5.92 Å². The fourth-order valence-corrected chi connectivity index (χ4v) is 3.71. The second-order valence-corrected chi connectivity index (χ2v) is 7.14. The van der Waals surface area contributed by atoms with Gasteiger partial charge in [-0.1, -0.05) is 12.1 Å². The number of hydrogen-bond acceptors (Lipinski definition) is 3. The Bertz CT molecular complexity index is 722. The predicted molar refractivity (Wildman–Crippen MR) is 95.9 cm³/mol. The van der Waals surface area contributed by atoms with Crippen molar-refractivity contribution in [1.82, 2.24) is 10.2 Å². The van der Waals surface area contributed by atoms with Crippen LogP contribution in [0.25, 0.3) is 0 Å². The summed E-state index contributed by atoms with van der Waals surface area (Å²) in [5, 5.41) is 6.74. The molecule has 1 atom stereocenters. The van der Waals surface area contributed by atoms with Gasteiger partial charge in [-0.3, -0.25) is 9.59 Å². The normalized spacial score (nSPS) is 16.5. The molecule has 2 amide bonds. The van der Waals surface area contributed by atoms with E-state index in [0.717, 1.165) is 11.1 Å². The Balaban J connectivity index is 1.51. The van der Waals surface area contributed by atoms with Crippen LogP contribution in [0.1, 0.15) is 41.7 Å². The van der Waals surface area contributed by atoms with Crippen LogP contribution in [0.4, 0.5) is 4.39 Å².